The molecule has 0 bridgehead atoms. The Kier molecular flexibility index (Phi) is 5.20. The Balaban J connectivity index is 1.72. The van der Waals surface area contributed by atoms with Crippen LogP contribution in [0.3, 0.4) is 0 Å². The summed E-state index contributed by atoms with van der Waals surface area (Å²) in [6, 6.07) is 0.0960. The number of unbranched alkanes of at least 4 members (excludes halogenated alkanes) is 1. The lowest BCUT2D eigenvalue weighted by Crippen LogP contribution is -2.63. The molecule has 1 unspecified atom stereocenters. The first-order chi connectivity index (χ1) is 8.81. The molecule has 1 atom stereocenters. The molecule has 2 saturated heterocycles. The number of rotatable bonds is 5. The molecule has 0 aromatic carbocycles. The molecule has 2 heterocycles. The fourth-order valence-corrected chi connectivity index (χ4v) is 2.75. The van der Waals surface area contributed by atoms with Gasteiger partial charge in [0, 0.05) is 32.7 Å². The average Bonchev–Trinajstić information content (AvgIpc) is 2.39. The van der Waals surface area contributed by atoms with Crippen molar-refractivity contribution < 1.29 is 4.79 Å². The maximum atomic E-state index is 11.8. The lowest BCUT2D eigenvalue weighted by molar-refractivity contribution is -0.131. The van der Waals surface area contributed by atoms with Crippen molar-refractivity contribution in [3.8, 4) is 0 Å². The maximum Gasteiger partial charge on any atom is 0.238 e. The molecule has 0 aromatic heterocycles. The summed E-state index contributed by atoms with van der Waals surface area (Å²) in [6.45, 7) is 8.18. The number of nitrogens with zero attached hydrogens (tertiary/aromatic N) is 2. The monoisotopic (exact) mass is 251 g/mol. The smallest absolute Gasteiger partial charge is 0.238 e. The predicted molar refractivity (Wildman–Crippen MR) is 73.5 cm³/mol. The summed E-state index contributed by atoms with van der Waals surface area (Å²) < 4.78 is 0. The molecule has 1 N–H and O–H groups in total. The molecule has 1 amide bonds. The van der Waals surface area contributed by atoms with E-state index in [4.69, 9.17) is 0 Å². The number of piperazine rings is 2. The van der Waals surface area contributed by atoms with Crippen LogP contribution in [0.2, 0.25) is 0 Å². The van der Waals surface area contributed by atoms with Gasteiger partial charge in [-0.1, -0.05) is 19.1 Å². The zero-order valence-electron chi connectivity index (χ0n) is 11.4. The summed E-state index contributed by atoms with van der Waals surface area (Å²) in [5.74, 6) is 0.219. The van der Waals surface area contributed by atoms with Crippen molar-refractivity contribution in [2.45, 2.75) is 32.2 Å². The van der Waals surface area contributed by atoms with Crippen molar-refractivity contribution in [3.63, 3.8) is 0 Å². The predicted octanol–water partition coefficient (Wildman–Crippen LogP) is 0.849. The van der Waals surface area contributed by atoms with Crippen molar-refractivity contribution in [1.29, 1.82) is 0 Å². The Morgan fingerprint density at radius 1 is 1.33 bits per heavy atom. The number of nitrogens with one attached hydrogen (secondary N) is 1. The van der Waals surface area contributed by atoms with Crippen LogP contribution in [0.4, 0.5) is 0 Å². The molecule has 0 aromatic rings. The molecule has 0 aliphatic carbocycles. The number of allylic oxidation sites excluding steroid dienone is 2. The van der Waals surface area contributed by atoms with Crippen molar-refractivity contribution in [2.75, 3.05) is 39.3 Å². The fraction of sp³-hybridized carbons (Fsp3) is 0.786. The summed E-state index contributed by atoms with van der Waals surface area (Å²) >= 11 is 0. The largest absolute Gasteiger partial charge is 0.353 e. The van der Waals surface area contributed by atoms with Crippen LogP contribution in [-0.4, -0.2) is 61.0 Å². The van der Waals surface area contributed by atoms with Gasteiger partial charge in [0.2, 0.25) is 5.91 Å². The van der Waals surface area contributed by atoms with Crippen LogP contribution in [0.25, 0.3) is 0 Å². The van der Waals surface area contributed by atoms with Crippen LogP contribution in [0.5, 0.6) is 0 Å². The van der Waals surface area contributed by atoms with Crippen LogP contribution >= 0.6 is 0 Å². The highest BCUT2D eigenvalue weighted by atomic mass is 16.2. The standard InChI is InChI=1S/C14H25N3O/c1-2-3-4-5-6-8-16-10-11-17-9-7-15-14(18)13(17)12-16/h3-4,13H,2,5-12H2,1H3,(H,15,18). The minimum atomic E-state index is 0.0960. The molecule has 18 heavy (non-hydrogen) atoms. The number of carbonyl (C=O) groups is 1. The van der Waals surface area contributed by atoms with Crippen molar-refractivity contribution in [3.05, 3.63) is 12.2 Å². The zero-order chi connectivity index (χ0) is 12.8. The fourth-order valence-electron chi connectivity index (χ4n) is 2.75. The van der Waals surface area contributed by atoms with Crippen LogP contribution in [-0.2, 0) is 4.79 Å². The van der Waals surface area contributed by atoms with Crippen molar-refractivity contribution in [2.24, 2.45) is 0 Å². The molecule has 0 saturated carbocycles. The van der Waals surface area contributed by atoms with E-state index in [0.717, 1.165) is 52.1 Å². The SMILES string of the molecule is CCC=CCCCN1CCN2CCNC(=O)C2C1. The minimum Gasteiger partial charge on any atom is -0.353 e. The number of carbonyl (C=O) groups excluding carboxylic acids is 1. The molecule has 2 rings (SSSR count). The van der Waals surface area contributed by atoms with E-state index in [9.17, 15) is 4.79 Å². The Bertz CT molecular complexity index is 303. The molecule has 2 aliphatic heterocycles. The van der Waals surface area contributed by atoms with E-state index in [2.05, 4.69) is 34.2 Å². The molecule has 102 valence electrons. The molecule has 0 radical (unpaired) electrons. The number of amides is 1. The number of hydrogen-bond donors (Lipinski definition) is 1. The molecular weight excluding hydrogens is 226 g/mol. The van der Waals surface area contributed by atoms with Crippen LogP contribution < -0.4 is 5.32 Å². The summed E-state index contributed by atoms with van der Waals surface area (Å²) in [7, 11) is 0. The normalized spacial score (nSPS) is 26.3. The van der Waals surface area contributed by atoms with Crippen molar-refractivity contribution in [1.82, 2.24) is 15.1 Å². The van der Waals surface area contributed by atoms with Gasteiger partial charge in [0.15, 0.2) is 0 Å². The van der Waals surface area contributed by atoms with Gasteiger partial charge in [-0.2, -0.15) is 0 Å². The molecule has 4 nitrogen and oxygen atoms in total. The molecule has 0 spiro atoms. The third-order valence-electron chi connectivity index (χ3n) is 3.82. The van der Waals surface area contributed by atoms with Crippen LogP contribution in [0.1, 0.15) is 26.2 Å². The highest BCUT2D eigenvalue weighted by Gasteiger charge is 2.34. The highest BCUT2D eigenvalue weighted by molar-refractivity contribution is 5.82. The van der Waals surface area contributed by atoms with Crippen LogP contribution in [0.15, 0.2) is 12.2 Å². The van der Waals surface area contributed by atoms with E-state index in [1.807, 2.05) is 0 Å². The van der Waals surface area contributed by atoms with E-state index in [0.29, 0.717) is 0 Å². The number of fused-ring (bicyclic) bond motifs is 1. The van der Waals surface area contributed by atoms with Gasteiger partial charge in [-0.05, 0) is 25.8 Å². The summed E-state index contributed by atoms with van der Waals surface area (Å²) in [4.78, 5) is 16.6. The molecule has 2 fully saturated rings. The summed E-state index contributed by atoms with van der Waals surface area (Å²) in [5.41, 5.74) is 0. The molecule has 2 aliphatic rings. The second-order valence-electron chi connectivity index (χ2n) is 5.17. The minimum absolute atomic E-state index is 0.0960. The number of hydrogen-bond acceptors (Lipinski definition) is 3. The Morgan fingerprint density at radius 2 is 2.22 bits per heavy atom. The second-order valence-corrected chi connectivity index (χ2v) is 5.17. The molecule has 4 heteroatoms. The molecular formula is C14H25N3O. The van der Waals surface area contributed by atoms with Gasteiger partial charge >= 0.3 is 0 Å². The van der Waals surface area contributed by atoms with E-state index < -0.39 is 0 Å². The van der Waals surface area contributed by atoms with Crippen molar-refractivity contribution >= 4 is 5.91 Å². The van der Waals surface area contributed by atoms with Gasteiger partial charge in [-0.25, -0.2) is 0 Å². The lowest BCUT2D eigenvalue weighted by Gasteiger charge is -2.43. The summed E-state index contributed by atoms with van der Waals surface area (Å²) in [6.07, 6.45) is 7.98. The quantitative estimate of drug-likeness (QED) is 0.581. The first-order valence-electron chi connectivity index (χ1n) is 7.20. The third-order valence-corrected chi connectivity index (χ3v) is 3.82. The van der Waals surface area contributed by atoms with Gasteiger partial charge in [-0.15, -0.1) is 0 Å². The first kappa shape index (κ1) is 13.6. The topological polar surface area (TPSA) is 35.6 Å². The average molecular weight is 251 g/mol. The Hall–Kier alpha value is -0.870. The van der Waals surface area contributed by atoms with E-state index in [1.165, 1.54) is 6.42 Å². The first-order valence-corrected chi connectivity index (χ1v) is 7.20. The zero-order valence-corrected chi connectivity index (χ0v) is 11.4. The van der Waals surface area contributed by atoms with Gasteiger partial charge < -0.3 is 5.32 Å². The highest BCUT2D eigenvalue weighted by Crippen LogP contribution is 2.13. The van der Waals surface area contributed by atoms with Gasteiger partial charge in [0.1, 0.15) is 6.04 Å². The van der Waals surface area contributed by atoms with Gasteiger partial charge in [0.25, 0.3) is 0 Å². The van der Waals surface area contributed by atoms with Gasteiger partial charge in [0.05, 0.1) is 0 Å². The van der Waals surface area contributed by atoms with Gasteiger partial charge in [-0.3, -0.25) is 14.6 Å². The lowest BCUT2D eigenvalue weighted by atomic mass is 10.1. The summed E-state index contributed by atoms with van der Waals surface area (Å²) in [5, 5.41) is 2.97. The van der Waals surface area contributed by atoms with E-state index >= 15 is 0 Å². The Labute approximate surface area is 110 Å². The van der Waals surface area contributed by atoms with E-state index in [-0.39, 0.29) is 11.9 Å². The second kappa shape index (κ2) is 6.90. The Morgan fingerprint density at radius 3 is 3.06 bits per heavy atom. The van der Waals surface area contributed by atoms with Crippen LogP contribution in [0, 0.1) is 0 Å². The van der Waals surface area contributed by atoms with E-state index in [1.54, 1.807) is 0 Å². The maximum absolute atomic E-state index is 11.8. The third kappa shape index (κ3) is 3.56.